The number of aromatic nitrogens is 3. The molecule has 1 saturated heterocycles. The van der Waals surface area contributed by atoms with Gasteiger partial charge in [-0.05, 0) is 48.4 Å². The Bertz CT molecular complexity index is 1630. The highest BCUT2D eigenvalue weighted by Gasteiger charge is 2.41. The fraction of sp³-hybridized carbons (Fsp3) is 0.379. The zero-order valence-corrected chi connectivity index (χ0v) is 23.0. The Morgan fingerprint density at radius 2 is 1.95 bits per heavy atom. The summed E-state index contributed by atoms with van der Waals surface area (Å²) in [4.78, 5) is 28.0. The molecule has 3 aromatic rings. The largest absolute Gasteiger partial charge is 0.466 e. The number of H-pyrrole nitrogens is 1. The molecule has 2 aromatic carbocycles. The number of ether oxygens (including phenoxy) is 1. The maximum atomic E-state index is 13.6. The van der Waals surface area contributed by atoms with Gasteiger partial charge in [0, 0.05) is 30.6 Å². The summed E-state index contributed by atoms with van der Waals surface area (Å²) in [5.41, 5.74) is 0.726. The van der Waals surface area contributed by atoms with Crippen LogP contribution in [0.4, 0.5) is 24.8 Å². The number of allylic oxidation sites excluding steroid dienone is 1. The minimum atomic E-state index is -4.60. The molecule has 12 heteroatoms. The molecule has 1 N–H and O–H groups in total. The summed E-state index contributed by atoms with van der Waals surface area (Å²) >= 11 is 0. The van der Waals surface area contributed by atoms with Crippen molar-refractivity contribution in [3.63, 3.8) is 0 Å². The van der Waals surface area contributed by atoms with E-state index in [9.17, 15) is 28.0 Å². The molecule has 2 aliphatic rings. The number of nitrogens with one attached hydrogen (secondary N) is 1. The first-order chi connectivity index (χ1) is 19.5. The molecular formula is C29H30F3N6O3+. The van der Waals surface area contributed by atoms with Crippen molar-refractivity contribution < 1.29 is 27.2 Å². The number of carbonyl (C=O) groups is 1. The van der Waals surface area contributed by atoms with Gasteiger partial charge in [-0.2, -0.15) is 18.4 Å². The second-order valence-electron chi connectivity index (χ2n) is 10.7. The van der Waals surface area contributed by atoms with Gasteiger partial charge in [-0.15, -0.1) is 5.10 Å². The van der Waals surface area contributed by atoms with Crippen LogP contribution in [-0.2, 0) is 22.1 Å². The molecule has 9 nitrogen and oxygen atoms in total. The van der Waals surface area contributed by atoms with Gasteiger partial charge in [0.1, 0.15) is 6.04 Å². The molecule has 0 amide bonds. The van der Waals surface area contributed by atoms with Crippen LogP contribution in [0.5, 0.6) is 0 Å². The van der Waals surface area contributed by atoms with Crippen LogP contribution in [0.2, 0.25) is 0 Å². The van der Waals surface area contributed by atoms with Gasteiger partial charge in [-0.1, -0.05) is 12.1 Å². The lowest BCUT2D eigenvalue weighted by Gasteiger charge is -2.36. The van der Waals surface area contributed by atoms with E-state index in [1.807, 2.05) is 0 Å². The summed E-state index contributed by atoms with van der Waals surface area (Å²) in [6, 6.07) is 10.9. The van der Waals surface area contributed by atoms with Crippen molar-refractivity contribution in [2.24, 2.45) is 0 Å². The lowest BCUT2D eigenvalue weighted by molar-refractivity contribution is -0.897. The molecule has 0 aliphatic carbocycles. The van der Waals surface area contributed by atoms with Crippen molar-refractivity contribution in [1.82, 2.24) is 14.8 Å². The van der Waals surface area contributed by atoms with Gasteiger partial charge in [-0.25, -0.2) is 19.3 Å². The lowest BCUT2D eigenvalue weighted by atomic mass is 9.89. The smallest absolute Gasteiger partial charge is 0.416 e. The Hall–Kier alpha value is -4.37. The Morgan fingerprint density at radius 3 is 2.61 bits per heavy atom. The fourth-order valence-corrected chi connectivity index (χ4v) is 5.95. The first-order valence-electron chi connectivity index (χ1n) is 13.3. The van der Waals surface area contributed by atoms with Crippen LogP contribution >= 0.6 is 0 Å². The number of hydrogen-bond acceptors (Lipinski definition) is 6. The van der Waals surface area contributed by atoms with E-state index >= 15 is 0 Å². The maximum absolute atomic E-state index is 13.6. The lowest BCUT2D eigenvalue weighted by Crippen LogP contribution is -2.42. The van der Waals surface area contributed by atoms with Gasteiger partial charge in [0.15, 0.2) is 0 Å². The number of benzene rings is 2. The second kappa shape index (κ2) is 10.6. The number of hydrogen-bond donors (Lipinski definition) is 1. The molecule has 2 aliphatic heterocycles. The van der Waals surface area contributed by atoms with E-state index in [1.54, 1.807) is 25.1 Å². The summed E-state index contributed by atoms with van der Waals surface area (Å²) in [7, 11) is 3.40. The molecule has 41 heavy (non-hydrogen) atoms. The van der Waals surface area contributed by atoms with Crippen LogP contribution in [0.25, 0.3) is 0 Å². The Morgan fingerprint density at radius 1 is 1.22 bits per heavy atom. The van der Waals surface area contributed by atoms with Gasteiger partial charge in [0.05, 0.1) is 56.6 Å². The normalized spacial score (nSPS) is 18.3. The highest BCUT2D eigenvalue weighted by atomic mass is 19.4. The van der Waals surface area contributed by atoms with Gasteiger partial charge in [-0.3, -0.25) is 4.90 Å². The number of halogens is 3. The zero-order valence-electron chi connectivity index (χ0n) is 23.0. The van der Waals surface area contributed by atoms with Crippen LogP contribution in [0.15, 0.2) is 58.5 Å². The van der Waals surface area contributed by atoms with Gasteiger partial charge < -0.3 is 9.22 Å². The minimum Gasteiger partial charge on any atom is -0.466 e. The number of fused-ring (bicyclic) bond motifs is 1. The van der Waals surface area contributed by atoms with Crippen LogP contribution in [0.1, 0.15) is 48.1 Å². The average molecular weight is 568 g/mol. The monoisotopic (exact) mass is 567 g/mol. The summed E-state index contributed by atoms with van der Waals surface area (Å²) in [5.74, 6) is -0.713. The van der Waals surface area contributed by atoms with E-state index in [-0.39, 0.29) is 22.9 Å². The Kier molecular flexibility index (Phi) is 7.25. The molecule has 0 radical (unpaired) electrons. The van der Waals surface area contributed by atoms with E-state index in [0.717, 1.165) is 54.7 Å². The highest BCUT2D eigenvalue weighted by Crippen LogP contribution is 2.43. The number of esters is 1. The van der Waals surface area contributed by atoms with E-state index < -0.39 is 29.4 Å². The van der Waals surface area contributed by atoms with E-state index in [2.05, 4.69) is 23.3 Å². The molecule has 5 rings (SSSR count). The molecule has 1 fully saturated rings. The molecule has 214 valence electrons. The Balaban J connectivity index is 1.71. The van der Waals surface area contributed by atoms with Gasteiger partial charge in [0.25, 0.3) is 0 Å². The molecule has 0 saturated carbocycles. The van der Waals surface area contributed by atoms with Crippen LogP contribution in [0.3, 0.4) is 0 Å². The predicted octanol–water partition coefficient (Wildman–Crippen LogP) is 4.43. The average Bonchev–Trinajstić information content (AvgIpc) is 3.56. The first-order valence-corrected chi connectivity index (χ1v) is 13.3. The molecule has 0 bridgehead atoms. The van der Waals surface area contributed by atoms with Gasteiger partial charge in [0.2, 0.25) is 5.95 Å². The van der Waals surface area contributed by atoms with Crippen molar-refractivity contribution in [3.05, 3.63) is 86.5 Å². The number of likely N-dealkylation sites (tertiary alicyclic amines) is 1. The van der Waals surface area contributed by atoms with E-state index in [1.165, 1.54) is 28.7 Å². The summed E-state index contributed by atoms with van der Waals surface area (Å²) in [6.45, 7) is 4.47. The van der Waals surface area contributed by atoms with Gasteiger partial charge >= 0.3 is 17.8 Å². The molecule has 1 atom stereocenters. The molecule has 0 spiro atoms. The van der Waals surface area contributed by atoms with Crippen molar-refractivity contribution >= 4 is 17.6 Å². The number of quaternary nitrogens is 1. The number of methoxy groups -OCH3 is 1. The Labute approximate surface area is 234 Å². The van der Waals surface area contributed by atoms with Crippen molar-refractivity contribution in [2.45, 2.75) is 38.4 Å². The van der Waals surface area contributed by atoms with E-state index in [4.69, 9.17) is 4.74 Å². The SMILES string of the molecule is COC(=O)C1=C(C)N(c2cccc(C(F)(F)F)c2)c2n[nH]c(=O)n2[C@@H]1c1ccc(C#N)cc1CC[N+]1(C)CCCC1. The molecular weight excluding hydrogens is 537 g/mol. The summed E-state index contributed by atoms with van der Waals surface area (Å²) in [6.07, 6.45) is -1.74. The van der Waals surface area contributed by atoms with E-state index in [0.29, 0.717) is 17.5 Å². The third-order valence-corrected chi connectivity index (χ3v) is 8.11. The fourth-order valence-electron chi connectivity index (χ4n) is 5.95. The number of carbonyl (C=O) groups excluding carboxylic acids is 1. The quantitative estimate of drug-likeness (QED) is 0.349. The van der Waals surface area contributed by atoms with Crippen LogP contribution < -0.4 is 10.6 Å². The number of anilines is 2. The summed E-state index contributed by atoms with van der Waals surface area (Å²) in [5, 5.41) is 16.2. The standard InChI is InChI=1S/C29H29F3N6O3/c1-18-24(26(39)41-3)25(23-10-9-19(17-33)15-20(23)11-14-38(2)12-4-5-13-38)37-27(34-35-28(37)40)36(18)22-8-6-7-21(16-22)29(30,31)32/h6-10,15-16,25H,4-5,11-14H2,1-3H3/p+1/t25-/m1/s1. The second-order valence-corrected chi connectivity index (χ2v) is 10.7. The number of aromatic amines is 1. The van der Waals surface area contributed by atoms with Crippen LogP contribution in [0, 0.1) is 11.3 Å². The molecule has 0 unspecified atom stereocenters. The minimum absolute atomic E-state index is 0.0262. The van der Waals surface area contributed by atoms with Crippen molar-refractivity contribution in [3.8, 4) is 6.07 Å². The van der Waals surface area contributed by atoms with Crippen LogP contribution in [-0.4, -0.2) is 59.0 Å². The number of alkyl halides is 3. The predicted molar refractivity (Wildman–Crippen MR) is 144 cm³/mol. The maximum Gasteiger partial charge on any atom is 0.416 e. The third kappa shape index (κ3) is 5.13. The topological polar surface area (TPSA) is 104 Å². The number of nitriles is 1. The molecule has 3 heterocycles. The third-order valence-electron chi connectivity index (χ3n) is 8.11. The number of nitrogens with zero attached hydrogens (tertiary/aromatic N) is 5. The summed E-state index contributed by atoms with van der Waals surface area (Å²) < 4.78 is 48.0. The van der Waals surface area contributed by atoms with Crippen molar-refractivity contribution in [1.29, 1.82) is 5.26 Å². The number of rotatable bonds is 6. The zero-order chi connectivity index (χ0) is 29.5. The molecule has 1 aromatic heterocycles. The highest BCUT2D eigenvalue weighted by molar-refractivity contribution is 5.93. The number of likely N-dealkylation sites (N-methyl/N-ethyl adjacent to an activating group) is 1. The first kappa shape index (κ1) is 28.2. The van der Waals surface area contributed by atoms with Crippen molar-refractivity contribution in [2.75, 3.05) is 38.7 Å².